The largest absolute Gasteiger partial charge is 0.598 e. The molecule has 6 heteroatoms. The van der Waals surface area contributed by atoms with Crippen molar-refractivity contribution >= 4 is 34.6 Å². The molecule has 0 aliphatic rings. The van der Waals surface area contributed by atoms with Gasteiger partial charge in [0.25, 0.3) is 0 Å². The molecule has 0 fully saturated rings. The maximum Gasteiger partial charge on any atom is 0.147 e. The van der Waals surface area contributed by atoms with Crippen LogP contribution in [0.15, 0.2) is 12.3 Å². The van der Waals surface area contributed by atoms with Crippen molar-refractivity contribution in [2.24, 2.45) is 0 Å². The quantitative estimate of drug-likeness (QED) is 0.606. The van der Waals surface area contributed by atoms with Crippen molar-refractivity contribution in [3.8, 4) is 0 Å². The molecule has 1 heterocycles. The van der Waals surface area contributed by atoms with Gasteiger partial charge in [0.1, 0.15) is 9.90 Å². The topological polar surface area (TPSA) is 48.0 Å². The van der Waals surface area contributed by atoms with E-state index in [-0.39, 0.29) is 10.8 Å². The lowest BCUT2D eigenvalue weighted by molar-refractivity contribution is 0.502. The molecule has 0 amide bonds. The summed E-state index contributed by atoms with van der Waals surface area (Å²) in [6.07, 6.45) is 4.70. The third-order valence-electron chi connectivity index (χ3n) is 2.87. The van der Waals surface area contributed by atoms with E-state index in [0.717, 1.165) is 24.8 Å². The van der Waals surface area contributed by atoms with Gasteiger partial charge in [-0.1, -0.05) is 43.0 Å². The molecule has 0 spiro atoms. The molecule has 114 valence electrons. The molecule has 2 atom stereocenters. The van der Waals surface area contributed by atoms with Crippen LogP contribution in [0.4, 0.5) is 0 Å². The number of nitrogens with one attached hydrogen (secondary N) is 1. The minimum absolute atomic E-state index is 0.0303. The summed E-state index contributed by atoms with van der Waals surface area (Å²) < 4.78 is 15.2. The fourth-order valence-corrected chi connectivity index (χ4v) is 2.78. The molecule has 1 aromatic rings. The van der Waals surface area contributed by atoms with Gasteiger partial charge in [-0.25, -0.2) is 4.98 Å². The molecule has 1 rings (SSSR count). The van der Waals surface area contributed by atoms with Gasteiger partial charge in [-0.15, -0.1) is 4.72 Å². The third kappa shape index (κ3) is 5.41. The monoisotopic (exact) mass is 336 g/mol. The van der Waals surface area contributed by atoms with Crippen LogP contribution in [0.1, 0.15) is 58.6 Å². The Kier molecular flexibility index (Phi) is 7.09. The summed E-state index contributed by atoms with van der Waals surface area (Å²) in [7, 11) is 0. The Morgan fingerprint density at radius 3 is 2.55 bits per heavy atom. The SMILES string of the molecule is CCCC[C@@H](N[S@+]([O-])C(C)(C)C)c1cnc(Cl)c(Cl)c1. The summed E-state index contributed by atoms with van der Waals surface area (Å²) in [4.78, 5) is 4.07. The fraction of sp³-hybridized carbons (Fsp3) is 0.643. The van der Waals surface area contributed by atoms with Crippen LogP contribution in [-0.2, 0) is 11.4 Å². The van der Waals surface area contributed by atoms with Gasteiger partial charge >= 0.3 is 0 Å². The number of hydrogen-bond acceptors (Lipinski definition) is 3. The van der Waals surface area contributed by atoms with Crippen molar-refractivity contribution < 1.29 is 4.55 Å². The molecule has 0 saturated carbocycles. The molecule has 0 unspecified atom stereocenters. The first-order valence-electron chi connectivity index (χ1n) is 6.74. The zero-order valence-electron chi connectivity index (χ0n) is 12.4. The molecule has 1 N–H and O–H groups in total. The van der Waals surface area contributed by atoms with E-state index in [1.165, 1.54) is 0 Å². The van der Waals surface area contributed by atoms with Crippen molar-refractivity contribution in [3.05, 3.63) is 28.0 Å². The maximum atomic E-state index is 12.3. The number of aromatic nitrogens is 1. The van der Waals surface area contributed by atoms with Crippen LogP contribution in [0.5, 0.6) is 0 Å². The maximum absolute atomic E-state index is 12.3. The normalized spacial score (nSPS) is 15.2. The first-order chi connectivity index (χ1) is 9.25. The smallest absolute Gasteiger partial charge is 0.147 e. The van der Waals surface area contributed by atoms with E-state index in [2.05, 4.69) is 16.6 Å². The second-order valence-electron chi connectivity index (χ2n) is 5.74. The van der Waals surface area contributed by atoms with Gasteiger partial charge in [0, 0.05) is 17.6 Å². The minimum atomic E-state index is -1.14. The molecule has 0 saturated heterocycles. The second-order valence-corrected chi connectivity index (χ2v) is 8.50. The Hall–Kier alpha value is -0.0000000000000000555. The highest BCUT2D eigenvalue weighted by Gasteiger charge is 2.29. The molecular formula is C14H22Cl2N2OS. The zero-order chi connectivity index (χ0) is 15.3. The van der Waals surface area contributed by atoms with Crippen molar-refractivity contribution in [2.75, 3.05) is 0 Å². The van der Waals surface area contributed by atoms with E-state index < -0.39 is 11.4 Å². The van der Waals surface area contributed by atoms with Crippen LogP contribution in [0.2, 0.25) is 10.2 Å². The number of halogens is 2. The van der Waals surface area contributed by atoms with Gasteiger partial charge in [0.05, 0.1) is 11.1 Å². The van der Waals surface area contributed by atoms with Gasteiger partial charge in [0.2, 0.25) is 0 Å². The van der Waals surface area contributed by atoms with Crippen LogP contribution >= 0.6 is 23.2 Å². The van der Waals surface area contributed by atoms with E-state index in [1.54, 1.807) is 12.3 Å². The average Bonchev–Trinajstić information content (AvgIpc) is 2.36. The van der Waals surface area contributed by atoms with Crippen LogP contribution in [-0.4, -0.2) is 14.3 Å². The Morgan fingerprint density at radius 1 is 1.40 bits per heavy atom. The summed E-state index contributed by atoms with van der Waals surface area (Å²) in [5.41, 5.74) is 0.922. The predicted molar refractivity (Wildman–Crippen MR) is 87.6 cm³/mol. The molecule has 3 nitrogen and oxygen atoms in total. The number of rotatable bonds is 6. The van der Waals surface area contributed by atoms with Crippen molar-refractivity contribution in [1.29, 1.82) is 0 Å². The van der Waals surface area contributed by atoms with E-state index >= 15 is 0 Å². The van der Waals surface area contributed by atoms with Crippen molar-refractivity contribution in [3.63, 3.8) is 0 Å². The molecule has 0 aliphatic heterocycles. The van der Waals surface area contributed by atoms with E-state index in [4.69, 9.17) is 23.2 Å². The molecule has 0 radical (unpaired) electrons. The highest BCUT2D eigenvalue weighted by atomic mass is 35.5. The Labute approximate surface area is 134 Å². The summed E-state index contributed by atoms with van der Waals surface area (Å²) in [6.45, 7) is 7.96. The second kappa shape index (κ2) is 7.85. The number of nitrogens with zero attached hydrogens (tertiary/aromatic N) is 1. The number of pyridine rings is 1. The number of hydrogen-bond donors (Lipinski definition) is 1. The first-order valence-corrected chi connectivity index (χ1v) is 8.65. The highest BCUT2D eigenvalue weighted by molar-refractivity contribution is 7.90. The standard InChI is InChI=1S/C14H22Cl2N2OS/c1-5-6-7-12(18-20(19)14(2,3)4)10-8-11(15)13(16)17-9-10/h8-9,12,18H,5-7H2,1-4H3/t12-,20-/m1/s1. The van der Waals surface area contributed by atoms with E-state index in [1.807, 2.05) is 20.8 Å². The Balaban J connectivity index is 2.90. The lowest BCUT2D eigenvalue weighted by Gasteiger charge is -2.28. The van der Waals surface area contributed by atoms with E-state index in [9.17, 15) is 4.55 Å². The van der Waals surface area contributed by atoms with Crippen molar-refractivity contribution in [1.82, 2.24) is 9.71 Å². The van der Waals surface area contributed by atoms with Gasteiger partial charge in [-0.3, -0.25) is 0 Å². The molecule has 0 bridgehead atoms. The highest BCUT2D eigenvalue weighted by Crippen LogP contribution is 2.28. The van der Waals surface area contributed by atoms with Crippen LogP contribution < -0.4 is 4.72 Å². The average molecular weight is 337 g/mol. The molecule has 0 aliphatic carbocycles. The summed E-state index contributed by atoms with van der Waals surface area (Å²) >= 11 is 10.7. The van der Waals surface area contributed by atoms with Gasteiger partial charge in [0.15, 0.2) is 0 Å². The summed E-state index contributed by atoms with van der Waals surface area (Å²) in [5, 5.41) is 0.718. The summed E-state index contributed by atoms with van der Waals surface area (Å²) in [6, 6.07) is 1.77. The fourth-order valence-electron chi connectivity index (χ4n) is 1.63. The molecule has 20 heavy (non-hydrogen) atoms. The summed E-state index contributed by atoms with van der Waals surface area (Å²) in [5.74, 6) is 0. The van der Waals surface area contributed by atoms with Crippen LogP contribution in [0.3, 0.4) is 0 Å². The van der Waals surface area contributed by atoms with Gasteiger partial charge in [-0.05, 0) is 38.8 Å². The lowest BCUT2D eigenvalue weighted by Crippen LogP contribution is -2.41. The minimum Gasteiger partial charge on any atom is -0.598 e. The first kappa shape index (κ1) is 18.1. The Morgan fingerprint density at radius 2 is 2.05 bits per heavy atom. The molecular weight excluding hydrogens is 315 g/mol. The lowest BCUT2D eigenvalue weighted by atomic mass is 10.0. The number of unbranched alkanes of at least 4 members (excludes halogenated alkanes) is 1. The molecule has 1 aromatic heterocycles. The van der Waals surface area contributed by atoms with Crippen LogP contribution in [0, 0.1) is 0 Å². The van der Waals surface area contributed by atoms with Crippen molar-refractivity contribution in [2.45, 2.75) is 57.7 Å². The predicted octanol–water partition coefficient (Wildman–Crippen LogP) is 4.67. The van der Waals surface area contributed by atoms with Gasteiger partial charge in [-0.2, -0.15) is 0 Å². The zero-order valence-corrected chi connectivity index (χ0v) is 14.7. The molecule has 0 aromatic carbocycles. The van der Waals surface area contributed by atoms with E-state index in [0.29, 0.717) is 10.2 Å². The third-order valence-corrected chi connectivity index (χ3v) is 5.17. The van der Waals surface area contributed by atoms with Crippen LogP contribution in [0.25, 0.3) is 0 Å². The van der Waals surface area contributed by atoms with Gasteiger partial charge < -0.3 is 4.55 Å². The Bertz CT molecular complexity index is 438.